The molecule has 5 heteroatoms. The third-order valence-corrected chi connectivity index (χ3v) is 4.45. The summed E-state index contributed by atoms with van der Waals surface area (Å²) in [7, 11) is 0. The van der Waals surface area contributed by atoms with E-state index in [0.717, 1.165) is 39.0 Å². The highest BCUT2D eigenvalue weighted by atomic mass is 16.5. The SMILES string of the molecule is Cc1nccc(C(=O)N2CCC3(CC=CCOC3)CC2)n1. The smallest absolute Gasteiger partial charge is 0.272 e. The van der Waals surface area contributed by atoms with Crippen molar-refractivity contribution in [2.24, 2.45) is 5.41 Å². The lowest BCUT2D eigenvalue weighted by molar-refractivity contribution is 0.0161. The first kappa shape index (κ1) is 14.2. The zero-order valence-electron chi connectivity index (χ0n) is 12.4. The first-order valence-electron chi connectivity index (χ1n) is 7.50. The molecule has 1 saturated heterocycles. The minimum Gasteiger partial charge on any atom is -0.377 e. The van der Waals surface area contributed by atoms with Gasteiger partial charge >= 0.3 is 0 Å². The van der Waals surface area contributed by atoms with E-state index in [4.69, 9.17) is 4.74 Å². The molecule has 3 rings (SSSR count). The summed E-state index contributed by atoms with van der Waals surface area (Å²) in [6.07, 6.45) is 9.00. The summed E-state index contributed by atoms with van der Waals surface area (Å²) >= 11 is 0. The highest BCUT2D eigenvalue weighted by Crippen LogP contribution is 2.37. The molecule has 0 radical (unpaired) electrons. The second kappa shape index (κ2) is 5.93. The number of rotatable bonds is 1. The lowest BCUT2D eigenvalue weighted by Gasteiger charge is -2.40. The third kappa shape index (κ3) is 3.13. The van der Waals surface area contributed by atoms with Crippen molar-refractivity contribution in [1.82, 2.24) is 14.9 Å². The van der Waals surface area contributed by atoms with Crippen LogP contribution in [0.15, 0.2) is 24.4 Å². The van der Waals surface area contributed by atoms with Gasteiger partial charge in [-0.25, -0.2) is 9.97 Å². The van der Waals surface area contributed by atoms with E-state index in [0.29, 0.717) is 18.1 Å². The molecule has 0 atom stereocenters. The van der Waals surface area contributed by atoms with Crippen molar-refractivity contribution < 1.29 is 9.53 Å². The summed E-state index contributed by atoms with van der Waals surface area (Å²) in [5, 5.41) is 0. The maximum Gasteiger partial charge on any atom is 0.272 e. The Balaban J connectivity index is 1.65. The van der Waals surface area contributed by atoms with Crippen LogP contribution in [0.1, 0.15) is 35.6 Å². The van der Waals surface area contributed by atoms with Gasteiger partial charge in [-0.1, -0.05) is 12.2 Å². The number of hydrogen-bond donors (Lipinski definition) is 0. The summed E-state index contributed by atoms with van der Waals surface area (Å²) < 4.78 is 5.67. The van der Waals surface area contributed by atoms with Gasteiger partial charge in [0.05, 0.1) is 13.2 Å². The number of ether oxygens (including phenoxy) is 1. The van der Waals surface area contributed by atoms with E-state index in [1.54, 1.807) is 19.2 Å². The Bertz CT molecular complexity index is 548. The average Bonchev–Trinajstić information content (AvgIpc) is 2.73. The summed E-state index contributed by atoms with van der Waals surface area (Å²) in [5.41, 5.74) is 0.709. The molecule has 21 heavy (non-hydrogen) atoms. The zero-order valence-corrected chi connectivity index (χ0v) is 12.4. The van der Waals surface area contributed by atoms with Crippen LogP contribution in [0.2, 0.25) is 0 Å². The quantitative estimate of drug-likeness (QED) is 0.741. The van der Waals surface area contributed by atoms with Crippen molar-refractivity contribution in [3.05, 3.63) is 35.9 Å². The van der Waals surface area contributed by atoms with Crippen LogP contribution < -0.4 is 0 Å². The molecular weight excluding hydrogens is 266 g/mol. The predicted molar refractivity (Wildman–Crippen MR) is 78.9 cm³/mol. The second-order valence-corrected chi connectivity index (χ2v) is 5.97. The third-order valence-electron chi connectivity index (χ3n) is 4.45. The summed E-state index contributed by atoms with van der Waals surface area (Å²) in [6.45, 7) is 4.87. The molecule has 3 heterocycles. The molecule has 0 unspecified atom stereocenters. The van der Waals surface area contributed by atoms with Crippen molar-refractivity contribution in [3.8, 4) is 0 Å². The van der Waals surface area contributed by atoms with E-state index in [1.807, 2.05) is 4.90 Å². The largest absolute Gasteiger partial charge is 0.377 e. The van der Waals surface area contributed by atoms with Crippen LogP contribution in [-0.4, -0.2) is 47.1 Å². The van der Waals surface area contributed by atoms with Crippen molar-refractivity contribution in [2.45, 2.75) is 26.2 Å². The Labute approximate surface area is 125 Å². The highest BCUT2D eigenvalue weighted by Gasteiger charge is 2.36. The van der Waals surface area contributed by atoms with E-state index < -0.39 is 0 Å². The van der Waals surface area contributed by atoms with Crippen LogP contribution in [0.5, 0.6) is 0 Å². The number of allylic oxidation sites excluding steroid dienone is 1. The molecule has 1 aromatic rings. The van der Waals surface area contributed by atoms with Gasteiger partial charge in [-0.2, -0.15) is 0 Å². The monoisotopic (exact) mass is 287 g/mol. The maximum absolute atomic E-state index is 12.5. The van der Waals surface area contributed by atoms with Crippen molar-refractivity contribution in [1.29, 1.82) is 0 Å². The molecule has 2 aliphatic rings. The topological polar surface area (TPSA) is 55.3 Å². The number of aryl methyl sites for hydroxylation is 1. The number of amides is 1. The first-order valence-corrected chi connectivity index (χ1v) is 7.50. The van der Waals surface area contributed by atoms with Gasteiger partial charge in [0.1, 0.15) is 11.5 Å². The van der Waals surface area contributed by atoms with Crippen LogP contribution >= 0.6 is 0 Å². The highest BCUT2D eigenvalue weighted by molar-refractivity contribution is 5.92. The van der Waals surface area contributed by atoms with E-state index in [9.17, 15) is 4.79 Å². The number of hydrogen-bond acceptors (Lipinski definition) is 4. The molecule has 5 nitrogen and oxygen atoms in total. The average molecular weight is 287 g/mol. The summed E-state index contributed by atoms with van der Waals surface area (Å²) in [4.78, 5) is 22.7. The van der Waals surface area contributed by atoms with E-state index in [-0.39, 0.29) is 11.3 Å². The van der Waals surface area contributed by atoms with Gasteiger partial charge in [0.25, 0.3) is 5.91 Å². The van der Waals surface area contributed by atoms with Gasteiger partial charge < -0.3 is 9.64 Å². The normalized spacial score (nSPS) is 21.3. The Kier molecular flexibility index (Phi) is 4.01. The van der Waals surface area contributed by atoms with Crippen molar-refractivity contribution >= 4 is 5.91 Å². The minimum atomic E-state index is 0.0143. The molecule has 1 aromatic heterocycles. The van der Waals surface area contributed by atoms with Crippen LogP contribution in [0.25, 0.3) is 0 Å². The Morgan fingerprint density at radius 2 is 2.14 bits per heavy atom. The molecular formula is C16H21N3O2. The fourth-order valence-corrected chi connectivity index (χ4v) is 3.07. The summed E-state index contributed by atoms with van der Waals surface area (Å²) in [5.74, 6) is 0.650. The number of carbonyl (C=O) groups excluding carboxylic acids is 1. The predicted octanol–water partition coefficient (Wildman–Crippen LogP) is 1.98. The number of nitrogens with zero attached hydrogens (tertiary/aromatic N) is 3. The number of likely N-dealkylation sites (tertiary alicyclic amines) is 1. The number of carbonyl (C=O) groups is 1. The molecule has 0 N–H and O–H groups in total. The Morgan fingerprint density at radius 1 is 1.33 bits per heavy atom. The van der Waals surface area contributed by atoms with E-state index in [2.05, 4.69) is 22.1 Å². The van der Waals surface area contributed by atoms with Crippen LogP contribution in [0.4, 0.5) is 0 Å². The van der Waals surface area contributed by atoms with Crippen LogP contribution in [0.3, 0.4) is 0 Å². The van der Waals surface area contributed by atoms with Gasteiger partial charge in [-0.15, -0.1) is 0 Å². The number of aromatic nitrogens is 2. The summed E-state index contributed by atoms with van der Waals surface area (Å²) in [6, 6.07) is 1.69. The molecule has 1 fully saturated rings. The molecule has 0 bridgehead atoms. The van der Waals surface area contributed by atoms with Gasteiger partial charge in [0, 0.05) is 24.7 Å². The molecule has 2 aliphatic heterocycles. The fraction of sp³-hybridized carbons (Fsp3) is 0.562. The first-order chi connectivity index (χ1) is 10.2. The molecule has 1 amide bonds. The van der Waals surface area contributed by atoms with E-state index in [1.165, 1.54) is 0 Å². The molecule has 0 saturated carbocycles. The lowest BCUT2D eigenvalue weighted by Crippen LogP contribution is -2.45. The van der Waals surface area contributed by atoms with E-state index >= 15 is 0 Å². The van der Waals surface area contributed by atoms with Crippen LogP contribution in [0, 0.1) is 12.3 Å². The Hall–Kier alpha value is -1.75. The van der Waals surface area contributed by atoms with Crippen LogP contribution in [-0.2, 0) is 4.74 Å². The van der Waals surface area contributed by atoms with Gasteiger partial charge in [-0.3, -0.25) is 4.79 Å². The zero-order chi connectivity index (χ0) is 14.7. The van der Waals surface area contributed by atoms with Gasteiger partial charge in [-0.05, 0) is 32.3 Å². The molecule has 1 spiro atoms. The second-order valence-electron chi connectivity index (χ2n) is 5.97. The fourth-order valence-electron chi connectivity index (χ4n) is 3.07. The minimum absolute atomic E-state index is 0.0143. The maximum atomic E-state index is 12.5. The molecule has 0 aliphatic carbocycles. The van der Waals surface area contributed by atoms with Crippen molar-refractivity contribution in [3.63, 3.8) is 0 Å². The standard InChI is InChI=1S/C16H21N3O2/c1-13-17-8-4-14(18-13)15(20)19-9-6-16(7-10-19)5-2-3-11-21-12-16/h2-4,8H,5-7,9-12H2,1H3. The number of piperidine rings is 1. The van der Waals surface area contributed by atoms with Crippen molar-refractivity contribution in [2.75, 3.05) is 26.3 Å². The molecule has 112 valence electrons. The lowest BCUT2D eigenvalue weighted by atomic mass is 9.76. The van der Waals surface area contributed by atoms with Gasteiger partial charge in [0.2, 0.25) is 0 Å². The Morgan fingerprint density at radius 3 is 2.90 bits per heavy atom. The molecule has 0 aromatic carbocycles. The van der Waals surface area contributed by atoms with Gasteiger partial charge in [0.15, 0.2) is 0 Å².